The minimum atomic E-state index is -2.48. The fourth-order valence-electron chi connectivity index (χ4n) is 5.06. The molecule has 0 saturated heterocycles. The van der Waals surface area contributed by atoms with E-state index in [9.17, 15) is 17.5 Å². The van der Waals surface area contributed by atoms with Crippen LogP contribution in [0.15, 0.2) is 131 Å². The smallest absolute Gasteiger partial charge is 0.0476 e. The fourth-order valence-corrected chi connectivity index (χ4v) is 6.21. The van der Waals surface area contributed by atoms with Crippen LogP contribution in [0.2, 0.25) is 0 Å². The highest BCUT2D eigenvalue weighted by Crippen LogP contribution is 2.42. The molecule has 6 rings (SSSR count). The van der Waals surface area contributed by atoms with E-state index in [2.05, 4.69) is 10.6 Å². The van der Waals surface area contributed by atoms with Gasteiger partial charge in [0.2, 0.25) is 0 Å². The highest BCUT2D eigenvalue weighted by molar-refractivity contribution is 7.79. The minimum absolute atomic E-state index is 0.172. The maximum absolute atomic E-state index is 12.3. The zero-order valence-corrected chi connectivity index (χ0v) is 22.6. The molecule has 0 amide bonds. The summed E-state index contributed by atoms with van der Waals surface area (Å²) in [5, 5.41) is 9.27. The van der Waals surface area contributed by atoms with Crippen LogP contribution in [-0.4, -0.2) is 17.5 Å². The highest BCUT2D eigenvalue weighted by atomic mass is 32.2. The zero-order valence-electron chi connectivity index (χ0n) is 21.0. The third kappa shape index (κ3) is 4.89. The van der Waals surface area contributed by atoms with Crippen molar-refractivity contribution in [1.29, 1.82) is 0 Å². The second-order valence-corrected chi connectivity index (χ2v) is 10.9. The van der Waals surface area contributed by atoms with Gasteiger partial charge in [-0.25, -0.2) is 0 Å². The summed E-state index contributed by atoms with van der Waals surface area (Å²) in [6.07, 6.45) is 0. The topological polar surface area (TPSA) is 104 Å². The summed E-state index contributed by atoms with van der Waals surface area (Å²) >= 11 is -4.96. The molecule has 6 aromatic rings. The van der Waals surface area contributed by atoms with Crippen molar-refractivity contribution in [2.24, 2.45) is 0 Å². The van der Waals surface area contributed by atoms with Crippen molar-refractivity contribution >= 4 is 66.5 Å². The molecule has 0 fully saturated rings. The molecule has 0 aliphatic rings. The maximum Gasteiger partial charge on any atom is 0.0476 e. The van der Waals surface area contributed by atoms with E-state index in [0.717, 1.165) is 33.3 Å². The molecular formula is C32H22N2O4S2-2. The Morgan fingerprint density at radius 2 is 0.850 bits per heavy atom. The average molecular weight is 563 g/mol. The van der Waals surface area contributed by atoms with E-state index >= 15 is 0 Å². The van der Waals surface area contributed by atoms with E-state index in [0.29, 0.717) is 22.1 Å². The number of fused-ring (bicyclic) bond motifs is 2. The Balaban J connectivity index is 1.61. The Morgan fingerprint density at radius 3 is 1.23 bits per heavy atom. The fraction of sp³-hybridized carbons (Fsp3) is 0. The molecule has 0 aliphatic carbocycles. The first-order valence-corrected chi connectivity index (χ1v) is 14.6. The van der Waals surface area contributed by atoms with Crippen LogP contribution in [0.3, 0.4) is 0 Å². The molecule has 0 spiro atoms. The summed E-state index contributed by atoms with van der Waals surface area (Å²) < 4.78 is 49.3. The molecular weight excluding hydrogens is 540 g/mol. The second kappa shape index (κ2) is 11.0. The minimum Gasteiger partial charge on any atom is -0.768 e. The van der Waals surface area contributed by atoms with Crippen LogP contribution in [0.4, 0.5) is 22.7 Å². The lowest BCUT2D eigenvalue weighted by Gasteiger charge is -2.20. The van der Waals surface area contributed by atoms with Gasteiger partial charge >= 0.3 is 0 Å². The standard InChI is InChI=1S/C32H24N2O4S2/c35-39(36)29-15-7-13-25-23(17-19-27(31(25)29)33-21-9-3-1-4-10-21)24-18-20-28(34-22-11-5-2-6-12-22)32-26(24)14-8-16-30(32)40(37)38/h1-20,33-34H,(H,35,36)(H,37,38)/p-2. The number of hydrogen-bond acceptors (Lipinski definition) is 6. The summed E-state index contributed by atoms with van der Waals surface area (Å²) in [6.45, 7) is 0. The van der Waals surface area contributed by atoms with Gasteiger partial charge in [0.25, 0.3) is 0 Å². The SMILES string of the molecule is O=S([O-])c1cccc2c(-c3ccc(Nc4ccccc4)c4c(S(=O)[O-])cccc34)ccc(Nc3ccccc3)c12. The predicted octanol–water partition coefficient (Wildman–Crippen LogP) is 7.62. The lowest BCUT2D eigenvalue weighted by molar-refractivity contribution is 0.536. The van der Waals surface area contributed by atoms with Crippen LogP contribution in [0.1, 0.15) is 0 Å². The first-order valence-electron chi connectivity index (χ1n) is 12.5. The van der Waals surface area contributed by atoms with Gasteiger partial charge in [-0.05, 0) is 92.6 Å². The average Bonchev–Trinajstić information content (AvgIpc) is 2.98. The zero-order chi connectivity index (χ0) is 27.6. The van der Waals surface area contributed by atoms with Gasteiger partial charge in [-0.3, -0.25) is 8.42 Å². The monoisotopic (exact) mass is 562 g/mol. The molecule has 0 aromatic heterocycles. The van der Waals surface area contributed by atoms with E-state index in [4.69, 9.17) is 0 Å². The molecule has 198 valence electrons. The molecule has 0 heterocycles. The normalized spacial score (nSPS) is 12.8. The summed E-state index contributed by atoms with van der Waals surface area (Å²) in [5.41, 5.74) is 4.52. The van der Waals surface area contributed by atoms with Gasteiger partial charge in [-0.15, -0.1) is 0 Å². The Labute approximate surface area is 236 Å². The lowest BCUT2D eigenvalue weighted by atomic mass is 9.92. The third-order valence-electron chi connectivity index (χ3n) is 6.76. The number of nitrogens with one attached hydrogen (secondary N) is 2. The number of benzene rings is 6. The van der Waals surface area contributed by atoms with Gasteiger partial charge in [0.1, 0.15) is 0 Å². The molecule has 0 bridgehead atoms. The van der Waals surface area contributed by atoms with E-state index in [1.165, 1.54) is 0 Å². The molecule has 0 radical (unpaired) electrons. The Bertz CT molecular complexity index is 1770. The van der Waals surface area contributed by atoms with Crippen LogP contribution in [0, 0.1) is 0 Å². The molecule has 0 aliphatic heterocycles. The van der Waals surface area contributed by atoms with Crippen molar-refractivity contribution in [3.05, 3.63) is 121 Å². The van der Waals surface area contributed by atoms with Gasteiger partial charge in [-0.1, -0.05) is 72.8 Å². The van der Waals surface area contributed by atoms with E-state index < -0.39 is 22.2 Å². The van der Waals surface area contributed by atoms with Crippen LogP contribution < -0.4 is 10.6 Å². The van der Waals surface area contributed by atoms with E-state index in [1.807, 2.05) is 97.1 Å². The summed E-state index contributed by atoms with van der Waals surface area (Å²) in [5.74, 6) is 0. The highest BCUT2D eigenvalue weighted by Gasteiger charge is 2.17. The second-order valence-electron chi connectivity index (χ2n) is 9.13. The molecule has 2 atom stereocenters. The van der Waals surface area contributed by atoms with Crippen molar-refractivity contribution in [2.75, 3.05) is 10.6 Å². The van der Waals surface area contributed by atoms with Crippen molar-refractivity contribution in [2.45, 2.75) is 9.79 Å². The summed E-state index contributed by atoms with van der Waals surface area (Å²) in [7, 11) is 0. The van der Waals surface area contributed by atoms with Gasteiger partial charge < -0.3 is 19.7 Å². The van der Waals surface area contributed by atoms with Crippen molar-refractivity contribution in [1.82, 2.24) is 0 Å². The Kier molecular flexibility index (Phi) is 7.15. The molecule has 0 saturated carbocycles. The Morgan fingerprint density at radius 1 is 0.450 bits per heavy atom. The van der Waals surface area contributed by atoms with Crippen LogP contribution >= 0.6 is 0 Å². The lowest BCUT2D eigenvalue weighted by Crippen LogP contribution is -1.99. The van der Waals surface area contributed by atoms with Gasteiger partial charge in [-0.2, -0.15) is 0 Å². The maximum atomic E-state index is 12.3. The number of hydrogen-bond donors (Lipinski definition) is 2. The molecule has 6 nitrogen and oxygen atoms in total. The van der Waals surface area contributed by atoms with Crippen LogP contribution in [0.5, 0.6) is 0 Å². The summed E-state index contributed by atoms with van der Waals surface area (Å²) in [6, 6.07) is 37.0. The first kappa shape index (κ1) is 25.9. The summed E-state index contributed by atoms with van der Waals surface area (Å²) in [4.78, 5) is 0.344. The predicted molar refractivity (Wildman–Crippen MR) is 161 cm³/mol. The van der Waals surface area contributed by atoms with E-state index in [-0.39, 0.29) is 9.79 Å². The van der Waals surface area contributed by atoms with Gasteiger partial charge in [0.05, 0.1) is 0 Å². The number of para-hydroxylation sites is 2. The molecule has 6 aromatic carbocycles. The molecule has 2 N–H and O–H groups in total. The van der Waals surface area contributed by atoms with Gasteiger partial charge in [0, 0.05) is 43.3 Å². The van der Waals surface area contributed by atoms with Crippen molar-refractivity contribution < 1.29 is 17.5 Å². The first-order chi connectivity index (χ1) is 19.5. The largest absolute Gasteiger partial charge is 0.768 e. The van der Waals surface area contributed by atoms with E-state index in [1.54, 1.807) is 24.3 Å². The quantitative estimate of drug-likeness (QED) is 0.194. The van der Waals surface area contributed by atoms with Crippen LogP contribution in [0.25, 0.3) is 32.7 Å². The molecule has 40 heavy (non-hydrogen) atoms. The van der Waals surface area contributed by atoms with Crippen LogP contribution in [-0.2, 0) is 22.2 Å². The number of anilines is 4. The molecule has 2 unspecified atom stereocenters. The van der Waals surface area contributed by atoms with Crippen molar-refractivity contribution in [3.8, 4) is 11.1 Å². The third-order valence-corrected chi connectivity index (χ3v) is 8.16. The molecule has 8 heteroatoms. The van der Waals surface area contributed by atoms with Gasteiger partial charge in [0.15, 0.2) is 0 Å². The Hall–Kier alpha value is -4.34. The van der Waals surface area contributed by atoms with Crippen molar-refractivity contribution in [3.63, 3.8) is 0 Å². The number of rotatable bonds is 7.